The van der Waals surface area contributed by atoms with E-state index < -0.39 is 9.73 Å². The zero-order chi connectivity index (χ0) is 20.8. The number of hydrogen-bond donors (Lipinski definition) is 1. The number of ketones is 1. The molecule has 0 aliphatic heterocycles. The van der Waals surface area contributed by atoms with Gasteiger partial charge in [0.25, 0.3) is 0 Å². The monoisotopic (exact) mass is 411 g/mol. The molecule has 0 spiro atoms. The maximum Gasteiger partial charge on any atom is 0.199 e. The molecule has 2 aromatic rings. The van der Waals surface area contributed by atoms with Crippen LogP contribution in [0, 0.1) is 10.7 Å². The maximum atomic E-state index is 12.9. The fraction of sp³-hybridized carbons (Fsp3) is 0.458. The number of benzene rings is 1. The van der Waals surface area contributed by atoms with Gasteiger partial charge in [0.15, 0.2) is 10.9 Å². The third-order valence-electron chi connectivity index (χ3n) is 6.39. The second-order valence-corrected chi connectivity index (χ2v) is 10.8. The summed E-state index contributed by atoms with van der Waals surface area (Å²) in [5, 5.41) is 0.0636. The minimum Gasteiger partial charge on any atom is -0.454 e. The number of allylic oxidation sites excluding steroid dienone is 1. The topological polar surface area (TPSA) is 71.1 Å². The van der Waals surface area contributed by atoms with Gasteiger partial charge in [-0.3, -0.25) is 4.79 Å². The highest BCUT2D eigenvalue weighted by Gasteiger charge is 2.32. The zero-order valence-electron chi connectivity index (χ0n) is 17.3. The first-order valence-electron chi connectivity index (χ1n) is 10.4. The first-order valence-corrected chi connectivity index (χ1v) is 12.1. The Morgan fingerprint density at radius 2 is 2.10 bits per heavy atom. The lowest BCUT2D eigenvalue weighted by molar-refractivity contribution is -0.116. The minimum atomic E-state index is -3.30. The van der Waals surface area contributed by atoms with Gasteiger partial charge in [-0.05, 0) is 78.7 Å². The van der Waals surface area contributed by atoms with Crippen LogP contribution in [0.25, 0.3) is 5.57 Å². The molecule has 1 fully saturated rings. The molecule has 1 heterocycles. The Hall–Kier alpha value is -2.14. The van der Waals surface area contributed by atoms with Crippen molar-refractivity contribution in [2.24, 2.45) is 5.92 Å². The molecule has 2 atom stereocenters. The van der Waals surface area contributed by atoms with E-state index in [0.717, 1.165) is 30.4 Å². The van der Waals surface area contributed by atoms with Crippen molar-refractivity contribution in [3.05, 3.63) is 58.9 Å². The molecule has 2 aliphatic carbocycles. The van der Waals surface area contributed by atoms with Crippen molar-refractivity contribution in [3.8, 4) is 0 Å². The maximum absolute atomic E-state index is 12.9. The van der Waals surface area contributed by atoms with E-state index in [4.69, 9.17) is 9.20 Å². The fourth-order valence-corrected chi connectivity index (χ4v) is 5.72. The lowest BCUT2D eigenvalue weighted by Gasteiger charge is -2.19. The second-order valence-electron chi connectivity index (χ2n) is 8.72. The van der Waals surface area contributed by atoms with Gasteiger partial charge < -0.3 is 4.42 Å². The Morgan fingerprint density at radius 3 is 2.76 bits per heavy atom. The standard InChI is InChI=1S/C24H29NO3S/c1-15(2)19-11-24(28-13-19)29(25,27)14-20(26)12-23-21(16(3)17-7-8-17)10-9-18-5-4-6-22(18)23/h9-11,13,16-17,25H,1,4-8,12,14H2,2-3H3. The lowest BCUT2D eigenvalue weighted by atomic mass is 9.86. The van der Waals surface area contributed by atoms with Gasteiger partial charge in [-0.25, -0.2) is 8.99 Å². The summed E-state index contributed by atoms with van der Waals surface area (Å²) in [4.78, 5) is 12.9. The number of aryl methyl sites for hydroxylation is 1. The van der Waals surface area contributed by atoms with Crippen molar-refractivity contribution >= 4 is 21.1 Å². The van der Waals surface area contributed by atoms with E-state index in [9.17, 15) is 9.00 Å². The largest absolute Gasteiger partial charge is 0.454 e. The molecule has 2 aliphatic rings. The van der Waals surface area contributed by atoms with Crippen LogP contribution in [0.5, 0.6) is 0 Å². The molecule has 0 amide bonds. The summed E-state index contributed by atoms with van der Waals surface area (Å²) in [5.74, 6) is 0.708. The van der Waals surface area contributed by atoms with Gasteiger partial charge in [-0.1, -0.05) is 25.6 Å². The molecule has 0 saturated heterocycles. The van der Waals surface area contributed by atoms with Crippen molar-refractivity contribution in [2.45, 2.75) is 63.4 Å². The van der Waals surface area contributed by atoms with E-state index in [0.29, 0.717) is 17.4 Å². The van der Waals surface area contributed by atoms with Crippen molar-refractivity contribution in [1.29, 1.82) is 4.78 Å². The average Bonchev–Trinajstić information content (AvgIpc) is 3.17. The molecule has 2 unspecified atom stereocenters. The molecule has 1 N–H and O–H groups in total. The SMILES string of the molecule is C=C(C)c1coc(S(=N)(=O)CC(=O)Cc2c(C(C)C3CC3)ccc3c2CCC3)c1. The van der Waals surface area contributed by atoms with E-state index >= 15 is 0 Å². The summed E-state index contributed by atoms with van der Waals surface area (Å²) in [6.45, 7) is 7.92. The number of Topliss-reactive ketones (excluding diaryl/α,β-unsaturated/α-hetero) is 1. The molecule has 0 bridgehead atoms. The summed E-state index contributed by atoms with van der Waals surface area (Å²) in [6, 6.07) is 6.02. The van der Waals surface area contributed by atoms with E-state index in [1.165, 1.54) is 35.8 Å². The number of hydrogen-bond acceptors (Lipinski definition) is 4. The predicted octanol–water partition coefficient (Wildman–Crippen LogP) is 5.53. The molecule has 0 radical (unpaired) electrons. The molecule has 1 aromatic heterocycles. The fourth-order valence-electron chi connectivity index (χ4n) is 4.51. The smallest absolute Gasteiger partial charge is 0.199 e. The minimum absolute atomic E-state index is 0.0636. The summed E-state index contributed by atoms with van der Waals surface area (Å²) in [6.07, 6.45) is 7.45. The third kappa shape index (κ3) is 4.11. The Balaban J connectivity index is 1.58. The summed E-state index contributed by atoms with van der Waals surface area (Å²) in [5.41, 5.74) is 6.59. The van der Waals surface area contributed by atoms with Crippen LogP contribution < -0.4 is 0 Å². The molecule has 4 nitrogen and oxygen atoms in total. The van der Waals surface area contributed by atoms with Gasteiger partial charge in [-0.2, -0.15) is 0 Å². The molecule has 5 heteroatoms. The van der Waals surface area contributed by atoms with Gasteiger partial charge >= 0.3 is 0 Å². The molecular formula is C24H29NO3S. The Kier molecular flexibility index (Phi) is 5.28. The zero-order valence-corrected chi connectivity index (χ0v) is 18.1. The van der Waals surface area contributed by atoms with E-state index in [1.807, 2.05) is 6.92 Å². The first kappa shape index (κ1) is 20.1. The number of carbonyl (C=O) groups is 1. The Labute approximate surface area is 173 Å². The Bertz CT molecular complexity index is 1070. The van der Waals surface area contributed by atoms with Crippen LogP contribution >= 0.6 is 0 Å². The third-order valence-corrected chi connectivity index (χ3v) is 7.98. The highest BCUT2D eigenvalue weighted by atomic mass is 32.2. The molecule has 1 aromatic carbocycles. The van der Waals surface area contributed by atoms with Gasteiger partial charge in [0, 0.05) is 18.1 Å². The number of carbonyl (C=O) groups excluding carboxylic acids is 1. The van der Waals surface area contributed by atoms with Gasteiger partial charge in [0.1, 0.15) is 9.73 Å². The molecular weight excluding hydrogens is 382 g/mol. The predicted molar refractivity (Wildman–Crippen MR) is 116 cm³/mol. The van der Waals surface area contributed by atoms with Gasteiger partial charge in [0.05, 0.1) is 12.0 Å². The van der Waals surface area contributed by atoms with Crippen molar-refractivity contribution in [1.82, 2.24) is 0 Å². The normalized spacial score (nSPS) is 18.8. The van der Waals surface area contributed by atoms with E-state index in [2.05, 4.69) is 25.6 Å². The van der Waals surface area contributed by atoms with Crippen LogP contribution in [0.15, 0.2) is 40.6 Å². The van der Waals surface area contributed by atoms with E-state index in [-0.39, 0.29) is 23.0 Å². The molecule has 154 valence electrons. The number of furan rings is 1. The second kappa shape index (κ2) is 7.60. The van der Waals surface area contributed by atoms with Crippen molar-refractivity contribution in [2.75, 3.05) is 5.75 Å². The molecule has 4 rings (SSSR count). The first-order chi connectivity index (χ1) is 13.8. The molecule has 29 heavy (non-hydrogen) atoms. The van der Waals surface area contributed by atoms with Crippen molar-refractivity contribution < 1.29 is 13.4 Å². The quantitative estimate of drug-likeness (QED) is 0.620. The molecule has 1 saturated carbocycles. The van der Waals surface area contributed by atoms with Gasteiger partial charge in [-0.15, -0.1) is 0 Å². The average molecular weight is 412 g/mol. The number of rotatable bonds is 8. The van der Waals surface area contributed by atoms with Crippen LogP contribution in [0.2, 0.25) is 0 Å². The van der Waals surface area contributed by atoms with E-state index in [1.54, 1.807) is 6.07 Å². The van der Waals surface area contributed by atoms with Crippen LogP contribution in [0.3, 0.4) is 0 Å². The summed E-state index contributed by atoms with van der Waals surface area (Å²) >= 11 is 0. The highest BCUT2D eigenvalue weighted by Crippen LogP contribution is 2.44. The van der Waals surface area contributed by atoms with Crippen LogP contribution in [0.1, 0.15) is 66.8 Å². The number of fused-ring (bicyclic) bond motifs is 1. The lowest BCUT2D eigenvalue weighted by Crippen LogP contribution is -2.19. The van der Waals surface area contributed by atoms with Crippen LogP contribution in [-0.4, -0.2) is 15.7 Å². The van der Waals surface area contributed by atoms with Crippen LogP contribution in [0.4, 0.5) is 0 Å². The van der Waals surface area contributed by atoms with Gasteiger partial charge in [0.2, 0.25) is 0 Å². The highest BCUT2D eigenvalue weighted by molar-refractivity contribution is 7.93. The number of nitrogens with one attached hydrogen (secondary N) is 1. The summed E-state index contributed by atoms with van der Waals surface area (Å²) < 4.78 is 26.5. The Morgan fingerprint density at radius 1 is 1.34 bits per heavy atom. The van der Waals surface area contributed by atoms with Crippen LogP contribution in [-0.2, 0) is 33.8 Å². The van der Waals surface area contributed by atoms with Crippen molar-refractivity contribution in [3.63, 3.8) is 0 Å². The summed E-state index contributed by atoms with van der Waals surface area (Å²) in [7, 11) is -3.30.